The molecule has 0 N–H and O–H groups in total. The summed E-state index contributed by atoms with van der Waals surface area (Å²) in [7, 11) is 1.98. The van der Waals surface area contributed by atoms with Crippen molar-refractivity contribution in [2.24, 2.45) is 0 Å². The molecule has 1 heterocycles. The molecular weight excluding hydrogens is 128 g/mol. The maximum absolute atomic E-state index is 5.20. The molecule has 0 aromatic rings. The first-order chi connectivity index (χ1) is 4.79. The van der Waals surface area contributed by atoms with Crippen molar-refractivity contribution in [2.75, 3.05) is 40.0 Å². The lowest BCUT2D eigenvalue weighted by atomic mass is 10.4. The van der Waals surface area contributed by atoms with E-state index in [1.807, 2.05) is 11.6 Å². The number of ether oxygens (including phenoxy) is 1. The SMILES string of the molecule is C=[N+](C)CN1CCOCC1. The van der Waals surface area contributed by atoms with Gasteiger partial charge in [-0.15, -0.1) is 0 Å². The molecule has 1 fully saturated rings. The summed E-state index contributed by atoms with van der Waals surface area (Å²) in [4.78, 5) is 2.33. The maximum Gasteiger partial charge on any atom is 0.198 e. The van der Waals surface area contributed by atoms with Gasteiger partial charge in [-0.25, -0.2) is 9.48 Å². The molecule has 0 saturated carbocycles. The molecule has 0 spiro atoms. The second-order valence-corrected chi connectivity index (χ2v) is 2.73. The minimum Gasteiger partial charge on any atom is -0.379 e. The molecule has 1 aliphatic rings. The van der Waals surface area contributed by atoms with Gasteiger partial charge in [-0.3, -0.25) is 0 Å². The van der Waals surface area contributed by atoms with Crippen LogP contribution in [0.25, 0.3) is 0 Å². The van der Waals surface area contributed by atoms with E-state index in [0.717, 1.165) is 33.0 Å². The third-order valence-corrected chi connectivity index (χ3v) is 1.55. The monoisotopic (exact) mass is 143 g/mol. The zero-order valence-corrected chi connectivity index (χ0v) is 6.55. The third kappa shape index (κ3) is 2.45. The summed E-state index contributed by atoms with van der Waals surface area (Å²) >= 11 is 0. The molecule has 1 aliphatic heterocycles. The summed E-state index contributed by atoms with van der Waals surface area (Å²) < 4.78 is 7.14. The van der Waals surface area contributed by atoms with Gasteiger partial charge in [0.05, 0.1) is 13.2 Å². The molecule has 0 aliphatic carbocycles. The van der Waals surface area contributed by atoms with Crippen molar-refractivity contribution < 1.29 is 9.31 Å². The van der Waals surface area contributed by atoms with Crippen LogP contribution >= 0.6 is 0 Å². The highest BCUT2D eigenvalue weighted by Crippen LogP contribution is 1.94. The first kappa shape index (κ1) is 7.69. The number of rotatable bonds is 2. The van der Waals surface area contributed by atoms with Gasteiger partial charge in [-0.2, -0.15) is 0 Å². The van der Waals surface area contributed by atoms with Crippen molar-refractivity contribution in [2.45, 2.75) is 0 Å². The highest BCUT2D eigenvalue weighted by Gasteiger charge is 2.11. The van der Waals surface area contributed by atoms with E-state index in [9.17, 15) is 0 Å². The molecular formula is C7H15N2O+. The molecule has 58 valence electrons. The van der Waals surface area contributed by atoms with E-state index in [0.29, 0.717) is 0 Å². The Kier molecular flexibility index (Phi) is 2.83. The normalized spacial score (nSPS) is 20.9. The highest BCUT2D eigenvalue weighted by atomic mass is 16.5. The van der Waals surface area contributed by atoms with Crippen LogP contribution < -0.4 is 0 Å². The van der Waals surface area contributed by atoms with Crippen LogP contribution in [0, 0.1) is 0 Å². The van der Waals surface area contributed by atoms with Crippen molar-refractivity contribution >= 4 is 6.72 Å². The van der Waals surface area contributed by atoms with E-state index in [2.05, 4.69) is 11.6 Å². The van der Waals surface area contributed by atoms with Gasteiger partial charge in [0.1, 0.15) is 13.8 Å². The van der Waals surface area contributed by atoms with E-state index in [1.165, 1.54) is 0 Å². The van der Waals surface area contributed by atoms with Crippen LogP contribution in [-0.2, 0) is 4.74 Å². The number of nitrogens with zero attached hydrogens (tertiary/aromatic N) is 2. The maximum atomic E-state index is 5.20. The van der Waals surface area contributed by atoms with Crippen molar-refractivity contribution in [1.82, 2.24) is 4.90 Å². The Balaban J connectivity index is 2.19. The Morgan fingerprint density at radius 3 is 2.60 bits per heavy atom. The van der Waals surface area contributed by atoms with Gasteiger partial charge in [0.2, 0.25) is 0 Å². The van der Waals surface area contributed by atoms with Crippen LogP contribution in [-0.4, -0.2) is 56.2 Å². The number of morpholine rings is 1. The Morgan fingerprint density at radius 1 is 1.50 bits per heavy atom. The van der Waals surface area contributed by atoms with Gasteiger partial charge in [-0.05, 0) is 0 Å². The molecule has 0 amide bonds. The van der Waals surface area contributed by atoms with Crippen LogP contribution in [0.5, 0.6) is 0 Å². The first-order valence-electron chi connectivity index (χ1n) is 3.61. The van der Waals surface area contributed by atoms with E-state index in [1.54, 1.807) is 0 Å². The van der Waals surface area contributed by atoms with E-state index in [-0.39, 0.29) is 0 Å². The summed E-state index contributed by atoms with van der Waals surface area (Å²) in [5, 5.41) is 0. The van der Waals surface area contributed by atoms with E-state index >= 15 is 0 Å². The van der Waals surface area contributed by atoms with Gasteiger partial charge in [0, 0.05) is 13.1 Å². The second-order valence-electron chi connectivity index (χ2n) is 2.73. The fourth-order valence-electron chi connectivity index (χ4n) is 1.08. The predicted octanol–water partition coefficient (Wildman–Crippen LogP) is -0.381. The molecule has 0 aromatic carbocycles. The molecule has 0 aromatic heterocycles. The van der Waals surface area contributed by atoms with Crippen LogP contribution in [0.1, 0.15) is 0 Å². The Morgan fingerprint density at radius 2 is 2.10 bits per heavy atom. The molecule has 0 radical (unpaired) electrons. The average Bonchev–Trinajstić information content (AvgIpc) is 1.88. The fraction of sp³-hybridized carbons (Fsp3) is 0.857. The lowest BCUT2D eigenvalue weighted by Crippen LogP contribution is -2.39. The van der Waals surface area contributed by atoms with Crippen molar-refractivity contribution in [1.29, 1.82) is 0 Å². The van der Waals surface area contributed by atoms with Gasteiger partial charge in [-0.1, -0.05) is 0 Å². The Hall–Kier alpha value is -0.410. The fourth-order valence-corrected chi connectivity index (χ4v) is 1.08. The Labute approximate surface area is 61.9 Å². The highest BCUT2D eigenvalue weighted by molar-refractivity contribution is 5.13. The zero-order chi connectivity index (χ0) is 7.40. The van der Waals surface area contributed by atoms with E-state index in [4.69, 9.17) is 4.74 Å². The number of hydrogen-bond acceptors (Lipinski definition) is 2. The summed E-state index contributed by atoms with van der Waals surface area (Å²) in [5.74, 6) is 0. The minimum absolute atomic E-state index is 0.869. The average molecular weight is 143 g/mol. The molecule has 10 heavy (non-hydrogen) atoms. The first-order valence-corrected chi connectivity index (χ1v) is 3.61. The molecule has 1 rings (SSSR count). The minimum atomic E-state index is 0.869. The van der Waals surface area contributed by atoms with Gasteiger partial charge >= 0.3 is 0 Å². The molecule has 3 nitrogen and oxygen atoms in total. The molecule has 1 saturated heterocycles. The summed E-state index contributed by atoms with van der Waals surface area (Å²) in [6, 6.07) is 0. The number of hydrogen-bond donors (Lipinski definition) is 0. The summed E-state index contributed by atoms with van der Waals surface area (Å²) in [6.45, 7) is 8.55. The van der Waals surface area contributed by atoms with Crippen molar-refractivity contribution in [3.63, 3.8) is 0 Å². The Bertz CT molecular complexity index is 119. The standard InChI is InChI=1S/C7H15N2O/c1-8(2)7-9-3-5-10-6-4-9/h1,3-7H2,2H3/q+1. The summed E-state index contributed by atoms with van der Waals surface area (Å²) in [5.41, 5.74) is 0. The van der Waals surface area contributed by atoms with Crippen molar-refractivity contribution in [3.8, 4) is 0 Å². The topological polar surface area (TPSA) is 15.5 Å². The lowest BCUT2D eigenvalue weighted by molar-refractivity contribution is -0.513. The van der Waals surface area contributed by atoms with Crippen LogP contribution in [0.4, 0.5) is 0 Å². The van der Waals surface area contributed by atoms with Gasteiger partial charge in [0.25, 0.3) is 0 Å². The third-order valence-electron chi connectivity index (χ3n) is 1.55. The van der Waals surface area contributed by atoms with Crippen LogP contribution in [0.2, 0.25) is 0 Å². The van der Waals surface area contributed by atoms with Gasteiger partial charge in [0.15, 0.2) is 6.67 Å². The smallest absolute Gasteiger partial charge is 0.198 e. The van der Waals surface area contributed by atoms with Gasteiger partial charge < -0.3 is 4.74 Å². The molecule has 0 unspecified atom stereocenters. The molecule has 0 bridgehead atoms. The second kappa shape index (κ2) is 3.68. The zero-order valence-electron chi connectivity index (χ0n) is 6.55. The summed E-state index contributed by atoms with van der Waals surface area (Å²) in [6.07, 6.45) is 0. The molecule has 3 heteroatoms. The largest absolute Gasteiger partial charge is 0.379 e. The van der Waals surface area contributed by atoms with Crippen LogP contribution in [0.3, 0.4) is 0 Å². The van der Waals surface area contributed by atoms with Crippen LogP contribution in [0.15, 0.2) is 0 Å². The van der Waals surface area contributed by atoms with Crippen molar-refractivity contribution in [3.05, 3.63) is 0 Å². The lowest BCUT2D eigenvalue weighted by Gasteiger charge is -2.23. The van der Waals surface area contributed by atoms with E-state index < -0.39 is 0 Å². The molecule has 0 atom stereocenters. The predicted molar refractivity (Wildman–Crippen MR) is 40.6 cm³/mol. The quantitative estimate of drug-likeness (QED) is 0.387.